The molecule has 0 bridgehead atoms. The van der Waals surface area contributed by atoms with Crippen molar-refractivity contribution in [3.63, 3.8) is 0 Å². The molecule has 1 aliphatic heterocycles. The third kappa shape index (κ3) is 6.08. The van der Waals surface area contributed by atoms with E-state index < -0.39 is 40.2 Å². The Labute approximate surface area is 179 Å². The summed E-state index contributed by atoms with van der Waals surface area (Å²) >= 11 is 0. The molecule has 1 fully saturated rings. The second kappa shape index (κ2) is 9.97. The van der Waals surface area contributed by atoms with Crippen LogP contribution in [0.2, 0.25) is 0 Å². The number of hydrogen-bond acceptors (Lipinski definition) is 5. The average molecular weight is 452 g/mol. The Bertz CT molecular complexity index is 1020. The predicted octanol–water partition coefficient (Wildman–Crippen LogP) is 2.23. The van der Waals surface area contributed by atoms with E-state index in [1.165, 1.54) is 40.7 Å². The van der Waals surface area contributed by atoms with Gasteiger partial charge in [0.15, 0.2) is 6.61 Å². The highest BCUT2D eigenvalue weighted by Crippen LogP contribution is 2.24. The van der Waals surface area contributed by atoms with Gasteiger partial charge in [0.2, 0.25) is 10.0 Å². The first-order chi connectivity index (χ1) is 14.8. The summed E-state index contributed by atoms with van der Waals surface area (Å²) in [6.07, 6.45) is 0.521. The van der Waals surface area contributed by atoms with E-state index in [-0.39, 0.29) is 43.2 Å². The summed E-state index contributed by atoms with van der Waals surface area (Å²) in [7, 11) is -3.76. The Morgan fingerprint density at radius 2 is 1.52 bits per heavy atom. The number of halogens is 2. The van der Waals surface area contributed by atoms with Gasteiger partial charge in [0.1, 0.15) is 11.6 Å². The van der Waals surface area contributed by atoms with Crippen LogP contribution in [0.5, 0.6) is 0 Å². The largest absolute Gasteiger partial charge is 0.455 e. The number of piperidine rings is 1. The zero-order chi connectivity index (χ0) is 22.4. The monoisotopic (exact) mass is 452 g/mol. The van der Waals surface area contributed by atoms with Gasteiger partial charge >= 0.3 is 5.97 Å². The molecule has 2 aromatic carbocycles. The van der Waals surface area contributed by atoms with Gasteiger partial charge in [0.25, 0.3) is 5.91 Å². The minimum atomic E-state index is -3.76. The summed E-state index contributed by atoms with van der Waals surface area (Å²) in [6, 6.07) is 10.2. The fraction of sp³-hybridized carbons (Fsp3) is 0.333. The van der Waals surface area contributed by atoms with Crippen LogP contribution in [-0.2, 0) is 30.9 Å². The lowest BCUT2D eigenvalue weighted by Gasteiger charge is -2.30. The van der Waals surface area contributed by atoms with Gasteiger partial charge in [-0.2, -0.15) is 4.31 Å². The van der Waals surface area contributed by atoms with E-state index in [1.54, 1.807) is 0 Å². The fourth-order valence-electron chi connectivity index (χ4n) is 3.20. The van der Waals surface area contributed by atoms with Crippen LogP contribution in [0.4, 0.5) is 8.78 Å². The molecular formula is C21H22F2N2O5S. The Hall–Kier alpha value is -2.85. The smallest absolute Gasteiger partial charge is 0.309 e. The van der Waals surface area contributed by atoms with Gasteiger partial charge in [0, 0.05) is 19.6 Å². The van der Waals surface area contributed by atoms with E-state index in [0.717, 1.165) is 12.1 Å². The number of amides is 1. The quantitative estimate of drug-likeness (QED) is 0.651. The molecule has 31 heavy (non-hydrogen) atoms. The first-order valence-corrected chi connectivity index (χ1v) is 11.1. The van der Waals surface area contributed by atoms with Crippen LogP contribution in [0.1, 0.15) is 18.4 Å². The number of nitrogens with one attached hydrogen (secondary N) is 1. The van der Waals surface area contributed by atoms with Crippen LogP contribution >= 0.6 is 0 Å². The molecule has 1 N–H and O–H groups in total. The molecule has 1 aliphatic rings. The second-order valence-electron chi connectivity index (χ2n) is 7.14. The molecule has 0 aromatic heterocycles. The molecule has 0 radical (unpaired) electrons. The molecule has 10 heteroatoms. The zero-order valence-corrected chi connectivity index (χ0v) is 17.4. The van der Waals surface area contributed by atoms with Gasteiger partial charge in [-0.25, -0.2) is 17.2 Å². The molecule has 0 saturated carbocycles. The van der Waals surface area contributed by atoms with Gasteiger partial charge < -0.3 is 10.1 Å². The number of rotatable bonds is 7. The molecule has 2 aromatic rings. The van der Waals surface area contributed by atoms with Crippen molar-refractivity contribution in [1.29, 1.82) is 0 Å². The molecule has 0 unspecified atom stereocenters. The van der Waals surface area contributed by atoms with Gasteiger partial charge in [-0.05, 0) is 54.8 Å². The third-order valence-corrected chi connectivity index (χ3v) is 6.90. The van der Waals surface area contributed by atoms with E-state index >= 15 is 0 Å². The lowest BCUT2D eigenvalue weighted by Crippen LogP contribution is -2.41. The van der Waals surface area contributed by atoms with Crippen molar-refractivity contribution in [1.82, 2.24) is 9.62 Å². The molecule has 166 valence electrons. The summed E-state index contributed by atoms with van der Waals surface area (Å²) in [5.74, 6) is -2.46. The summed E-state index contributed by atoms with van der Waals surface area (Å²) < 4.78 is 57.4. The normalized spacial score (nSPS) is 15.4. The van der Waals surface area contributed by atoms with Crippen molar-refractivity contribution in [3.05, 3.63) is 65.7 Å². The fourth-order valence-corrected chi connectivity index (χ4v) is 4.67. The summed E-state index contributed by atoms with van der Waals surface area (Å²) in [5, 5.41) is 2.57. The van der Waals surface area contributed by atoms with E-state index in [0.29, 0.717) is 5.56 Å². The molecule has 0 spiro atoms. The maximum Gasteiger partial charge on any atom is 0.309 e. The highest BCUT2D eigenvalue weighted by molar-refractivity contribution is 7.89. The lowest BCUT2D eigenvalue weighted by atomic mass is 9.98. The van der Waals surface area contributed by atoms with Crippen molar-refractivity contribution >= 4 is 21.9 Å². The molecule has 1 saturated heterocycles. The van der Waals surface area contributed by atoms with Crippen LogP contribution in [0, 0.1) is 17.6 Å². The van der Waals surface area contributed by atoms with Crippen molar-refractivity contribution < 1.29 is 31.5 Å². The third-order valence-electron chi connectivity index (χ3n) is 4.99. The van der Waals surface area contributed by atoms with E-state index in [4.69, 9.17) is 4.74 Å². The SMILES string of the molecule is O=C(COC(=O)C1CCN(S(=O)(=O)c2ccc(F)cc2)CC1)NCc1ccc(F)cc1. The molecule has 3 rings (SSSR count). The molecule has 1 amide bonds. The first kappa shape index (κ1) is 22.8. The molecule has 0 atom stereocenters. The Morgan fingerprint density at radius 1 is 0.968 bits per heavy atom. The number of carbonyl (C=O) groups is 2. The van der Waals surface area contributed by atoms with Crippen molar-refractivity contribution in [2.24, 2.45) is 5.92 Å². The van der Waals surface area contributed by atoms with Crippen LogP contribution in [0.15, 0.2) is 53.4 Å². The maximum absolute atomic E-state index is 13.0. The number of hydrogen-bond donors (Lipinski definition) is 1. The standard InChI is InChI=1S/C21H22F2N2O5S/c22-17-3-1-15(2-4-17)13-24-20(26)14-30-21(27)16-9-11-25(12-10-16)31(28,29)19-7-5-18(23)6-8-19/h1-8,16H,9-14H2,(H,24,26). The molecular weight excluding hydrogens is 430 g/mol. The summed E-state index contributed by atoms with van der Waals surface area (Å²) in [4.78, 5) is 24.1. The predicted molar refractivity (Wildman–Crippen MR) is 107 cm³/mol. The van der Waals surface area contributed by atoms with Crippen molar-refractivity contribution in [2.45, 2.75) is 24.3 Å². The lowest BCUT2D eigenvalue weighted by molar-refractivity contribution is -0.153. The Morgan fingerprint density at radius 3 is 2.10 bits per heavy atom. The molecule has 1 heterocycles. The number of carbonyl (C=O) groups excluding carboxylic acids is 2. The van der Waals surface area contributed by atoms with E-state index in [1.807, 2.05) is 0 Å². The van der Waals surface area contributed by atoms with Crippen LogP contribution in [-0.4, -0.2) is 44.3 Å². The van der Waals surface area contributed by atoms with Gasteiger partial charge in [-0.15, -0.1) is 0 Å². The van der Waals surface area contributed by atoms with Crippen LogP contribution in [0.3, 0.4) is 0 Å². The number of esters is 1. The number of benzene rings is 2. The number of nitrogens with zero attached hydrogens (tertiary/aromatic N) is 1. The first-order valence-electron chi connectivity index (χ1n) is 9.69. The number of sulfonamides is 1. The zero-order valence-electron chi connectivity index (χ0n) is 16.6. The van der Waals surface area contributed by atoms with Gasteiger partial charge in [-0.3, -0.25) is 9.59 Å². The van der Waals surface area contributed by atoms with Gasteiger partial charge in [-0.1, -0.05) is 12.1 Å². The molecule has 7 nitrogen and oxygen atoms in total. The minimum absolute atomic E-state index is 0.00671. The Balaban J connectivity index is 1.43. The number of ether oxygens (including phenoxy) is 1. The van der Waals surface area contributed by atoms with Crippen molar-refractivity contribution in [2.75, 3.05) is 19.7 Å². The van der Waals surface area contributed by atoms with Gasteiger partial charge in [0.05, 0.1) is 10.8 Å². The molecule has 0 aliphatic carbocycles. The maximum atomic E-state index is 13.0. The van der Waals surface area contributed by atoms with E-state index in [9.17, 15) is 26.8 Å². The second-order valence-corrected chi connectivity index (χ2v) is 9.08. The Kier molecular flexibility index (Phi) is 7.34. The summed E-state index contributed by atoms with van der Waals surface area (Å²) in [6.45, 7) is -0.0309. The average Bonchev–Trinajstić information content (AvgIpc) is 2.77. The highest BCUT2D eigenvalue weighted by Gasteiger charge is 2.33. The van der Waals surface area contributed by atoms with E-state index in [2.05, 4.69) is 5.32 Å². The van der Waals surface area contributed by atoms with Crippen LogP contribution < -0.4 is 5.32 Å². The van der Waals surface area contributed by atoms with Crippen LogP contribution in [0.25, 0.3) is 0 Å². The van der Waals surface area contributed by atoms with Crippen molar-refractivity contribution in [3.8, 4) is 0 Å². The summed E-state index contributed by atoms with van der Waals surface area (Å²) in [5.41, 5.74) is 0.704. The topological polar surface area (TPSA) is 92.8 Å². The highest BCUT2D eigenvalue weighted by atomic mass is 32.2. The minimum Gasteiger partial charge on any atom is -0.455 e.